The van der Waals surface area contributed by atoms with Crippen molar-refractivity contribution in [2.45, 2.75) is 32.2 Å². The second kappa shape index (κ2) is 6.43. The number of rotatable bonds is 3. The van der Waals surface area contributed by atoms with E-state index in [-0.39, 0.29) is 16.7 Å². The summed E-state index contributed by atoms with van der Waals surface area (Å²) < 4.78 is 5.32. The second-order valence-electron chi connectivity index (χ2n) is 5.76. The molecule has 22 heavy (non-hydrogen) atoms. The van der Waals surface area contributed by atoms with Gasteiger partial charge in [0, 0.05) is 25.7 Å². The number of hydrogen-bond donors (Lipinski definition) is 0. The quantitative estimate of drug-likeness (QED) is 0.619. The third-order valence-corrected chi connectivity index (χ3v) is 4.35. The van der Waals surface area contributed by atoms with Crippen molar-refractivity contribution in [3.63, 3.8) is 0 Å². The van der Waals surface area contributed by atoms with Crippen LogP contribution in [0.15, 0.2) is 6.33 Å². The van der Waals surface area contributed by atoms with Gasteiger partial charge in [-0.1, -0.05) is 0 Å². The van der Waals surface area contributed by atoms with E-state index >= 15 is 0 Å². The van der Waals surface area contributed by atoms with E-state index in [0.717, 1.165) is 25.8 Å². The maximum atomic E-state index is 11.7. The first-order chi connectivity index (χ1) is 10.7. The van der Waals surface area contributed by atoms with Crippen molar-refractivity contribution in [2.75, 3.05) is 42.6 Å². The molecule has 0 aromatic carbocycles. The Hall–Kier alpha value is -1.96. The van der Waals surface area contributed by atoms with Crippen molar-refractivity contribution in [2.24, 2.45) is 0 Å². The van der Waals surface area contributed by atoms with Crippen LogP contribution in [0.25, 0.3) is 0 Å². The summed E-state index contributed by atoms with van der Waals surface area (Å²) in [4.78, 5) is 23.7. The van der Waals surface area contributed by atoms with Gasteiger partial charge in [-0.25, -0.2) is 9.97 Å². The molecule has 1 aromatic heterocycles. The fourth-order valence-corrected chi connectivity index (χ4v) is 3.15. The van der Waals surface area contributed by atoms with Crippen LogP contribution >= 0.6 is 0 Å². The Kier molecular flexibility index (Phi) is 4.37. The lowest BCUT2D eigenvalue weighted by molar-refractivity contribution is -0.383. The number of morpholine rings is 1. The Bertz CT molecular complexity index is 547. The van der Waals surface area contributed by atoms with E-state index in [1.165, 1.54) is 6.33 Å². The van der Waals surface area contributed by atoms with Gasteiger partial charge in [-0.15, -0.1) is 0 Å². The molecule has 0 saturated carbocycles. The highest BCUT2D eigenvalue weighted by Gasteiger charge is 2.33. The summed E-state index contributed by atoms with van der Waals surface area (Å²) >= 11 is 0. The van der Waals surface area contributed by atoms with E-state index in [2.05, 4.69) is 16.9 Å². The molecule has 0 amide bonds. The van der Waals surface area contributed by atoms with Crippen LogP contribution in [0.2, 0.25) is 0 Å². The van der Waals surface area contributed by atoms with E-state index in [1.54, 1.807) is 0 Å². The lowest BCUT2D eigenvalue weighted by Gasteiger charge is -2.34. The Balaban J connectivity index is 2.00. The van der Waals surface area contributed by atoms with Gasteiger partial charge in [-0.3, -0.25) is 10.1 Å². The average molecular weight is 307 g/mol. The van der Waals surface area contributed by atoms with Crippen LogP contribution in [0.4, 0.5) is 17.3 Å². The third kappa shape index (κ3) is 2.83. The summed E-state index contributed by atoms with van der Waals surface area (Å²) in [6, 6.07) is 0.264. The van der Waals surface area contributed by atoms with Crippen LogP contribution < -0.4 is 9.80 Å². The highest BCUT2D eigenvalue weighted by atomic mass is 16.6. The molecule has 3 heterocycles. The first-order valence-electron chi connectivity index (χ1n) is 7.77. The molecule has 0 bridgehead atoms. The minimum absolute atomic E-state index is 0.0261. The molecule has 0 spiro atoms. The number of nitro groups is 1. The first-order valence-corrected chi connectivity index (χ1v) is 7.77. The van der Waals surface area contributed by atoms with Gasteiger partial charge in [-0.05, 0) is 26.2 Å². The second-order valence-corrected chi connectivity index (χ2v) is 5.76. The summed E-state index contributed by atoms with van der Waals surface area (Å²) in [5.41, 5.74) is 0.0261. The monoisotopic (exact) mass is 307 g/mol. The van der Waals surface area contributed by atoms with Gasteiger partial charge in [0.1, 0.15) is 6.33 Å². The molecule has 1 unspecified atom stereocenters. The number of anilines is 2. The van der Waals surface area contributed by atoms with E-state index in [1.807, 2.05) is 9.80 Å². The fourth-order valence-electron chi connectivity index (χ4n) is 3.15. The highest BCUT2D eigenvalue weighted by molar-refractivity contribution is 5.71. The molecule has 2 saturated heterocycles. The Morgan fingerprint density at radius 3 is 2.64 bits per heavy atom. The smallest absolute Gasteiger partial charge is 0.353 e. The van der Waals surface area contributed by atoms with E-state index in [9.17, 15) is 10.1 Å². The minimum atomic E-state index is -0.346. The van der Waals surface area contributed by atoms with Crippen LogP contribution in [-0.2, 0) is 4.74 Å². The SMILES string of the molecule is CC1CCCCN1c1ncnc(N2CCOCC2)c1[N+](=O)[O-]. The van der Waals surface area contributed by atoms with Gasteiger partial charge in [-0.2, -0.15) is 0 Å². The summed E-state index contributed by atoms with van der Waals surface area (Å²) in [5, 5.41) is 11.7. The zero-order valence-electron chi connectivity index (χ0n) is 12.8. The van der Waals surface area contributed by atoms with Crippen molar-refractivity contribution < 1.29 is 9.66 Å². The largest absolute Gasteiger partial charge is 0.378 e. The number of piperidine rings is 1. The summed E-state index contributed by atoms with van der Waals surface area (Å²) in [7, 11) is 0. The molecule has 2 fully saturated rings. The normalized spacial score (nSPS) is 22.7. The molecule has 0 N–H and O–H groups in total. The van der Waals surface area contributed by atoms with Gasteiger partial charge < -0.3 is 14.5 Å². The van der Waals surface area contributed by atoms with Crippen molar-refractivity contribution in [1.82, 2.24) is 9.97 Å². The van der Waals surface area contributed by atoms with Crippen LogP contribution in [0.5, 0.6) is 0 Å². The lowest BCUT2D eigenvalue weighted by Crippen LogP contribution is -2.40. The number of ether oxygens (including phenoxy) is 1. The predicted molar refractivity (Wildman–Crippen MR) is 82.4 cm³/mol. The van der Waals surface area contributed by atoms with Crippen molar-refractivity contribution in [3.8, 4) is 0 Å². The molecule has 8 heteroatoms. The van der Waals surface area contributed by atoms with Crippen LogP contribution in [0.1, 0.15) is 26.2 Å². The van der Waals surface area contributed by atoms with E-state index < -0.39 is 0 Å². The van der Waals surface area contributed by atoms with Crippen LogP contribution in [-0.4, -0.2) is 53.8 Å². The maximum absolute atomic E-state index is 11.7. The van der Waals surface area contributed by atoms with Gasteiger partial charge in [0.2, 0.25) is 11.6 Å². The van der Waals surface area contributed by atoms with Gasteiger partial charge in [0.15, 0.2) is 0 Å². The number of hydrogen-bond acceptors (Lipinski definition) is 7. The molecule has 2 aliphatic rings. The Morgan fingerprint density at radius 2 is 1.95 bits per heavy atom. The summed E-state index contributed by atoms with van der Waals surface area (Å²) in [5.74, 6) is 0.866. The van der Waals surface area contributed by atoms with Crippen LogP contribution in [0, 0.1) is 10.1 Å². The standard InChI is InChI=1S/C14H21N5O3/c1-11-4-2-3-5-18(11)14-12(19(20)21)13(15-10-16-14)17-6-8-22-9-7-17/h10-11H,2-9H2,1H3. The van der Waals surface area contributed by atoms with Gasteiger partial charge in [0.25, 0.3) is 0 Å². The number of nitrogens with zero attached hydrogens (tertiary/aromatic N) is 5. The Labute approximate surface area is 129 Å². The molecule has 2 aliphatic heterocycles. The topological polar surface area (TPSA) is 84.6 Å². The van der Waals surface area contributed by atoms with Crippen molar-refractivity contribution in [3.05, 3.63) is 16.4 Å². The molecule has 1 atom stereocenters. The maximum Gasteiger partial charge on any atom is 0.353 e. The third-order valence-electron chi connectivity index (χ3n) is 4.35. The minimum Gasteiger partial charge on any atom is -0.378 e. The molecule has 0 radical (unpaired) electrons. The first kappa shape index (κ1) is 15.0. The summed E-state index contributed by atoms with van der Waals surface area (Å²) in [6.45, 7) is 5.27. The zero-order chi connectivity index (χ0) is 15.5. The highest BCUT2D eigenvalue weighted by Crippen LogP contribution is 2.36. The predicted octanol–water partition coefficient (Wildman–Crippen LogP) is 1.60. The van der Waals surface area contributed by atoms with E-state index in [0.29, 0.717) is 37.9 Å². The molecular formula is C14H21N5O3. The van der Waals surface area contributed by atoms with Gasteiger partial charge in [0.05, 0.1) is 18.1 Å². The molecular weight excluding hydrogens is 286 g/mol. The van der Waals surface area contributed by atoms with Crippen molar-refractivity contribution >= 4 is 17.3 Å². The zero-order valence-corrected chi connectivity index (χ0v) is 12.8. The van der Waals surface area contributed by atoms with Gasteiger partial charge >= 0.3 is 5.69 Å². The Morgan fingerprint density at radius 1 is 1.23 bits per heavy atom. The molecule has 120 valence electrons. The van der Waals surface area contributed by atoms with Crippen molar-refractivity contribution in [1.29, 1.82) is 0 Å². The molecule has 3 rings (SSSR count). The lowest BCUT2D eigenvalue weighted by atomic mass is 10.0. The number of aromatic nitrogens is 2. The van der Waals surface area contributed by atoms with E-state index in [4.69, 9.17) is 4.74 Å². The van der Waals surface area contributed by atoms with Crippen LogP contribution in [0.3, 0.4) is 0 Å². The molecule has 1 aromatic rings. The molecule has 0 aliphatic carbocycles. The summed E-state index contributed by atoms with van der Waals surface area (Å²) in [6.07, 6.45) is 4.67. The fraction of sp³-hybridized carbons (Fsp3) is 0.714. The molecule has 8 nitrogen and oxygen atoms in total. The average Bonchev–Trinajstić information content (AvgIpc) is 2.55.